The van der Waals surface area contributed by atoms with Crippen molar-refractivity contribution in [3.05, 3.63) is 0 Å². The molecule has 0 spiro atoms. The van der Waals surface area contributed by atoms with Gasteiger partial charge in [0.1, 0.15) is 5.60 Å². The van der Waals surface area contributed by atoms with Crippen molar-refractivity contribution < 1.29 is 23.8 Å². The molecule has 1 atom stereocenters. The van der Waals surface area contributed by atoms with E-state index >= 15 is 0 Å². The molecule has 7 heteroatoms. The normalized spacial score (nSPS) is 12.4. The highest BCUT2D eigenvalue weighted by molar-refractivity contribution is 6.17. The lowest BCUT2D eigenvalue weighted by molar-refractivity contribution is 0.0483. The smallest absolute Gasteiger partial charge is 0.444 e. The fourth-order valence-corrected chi connectivity index (χ4v) is 1.87. The lowest BCUT2D eigenvalue weighted by Crippen LogP contribution is -2.39. The van der Waals surface area contributed by atoms with E-state index in [4.69, 9.17) is 21.1 Å². The van der Waals surface area contributed by atoms with Gasteiger partial charge in [-0.25, -0.2) is 9.59 Å². The van der Waals surface area contributed by atoms with Crippen LogP contribution in [0.15, 0.2) is 0 Å². The van der Waals surface area contributed by atoms with Gasteiger partial charge in [-0.15, -0.1) is 0 Å². The molecule has 0 radical (unpaired) electrons. The summed E-state index contributed by atoms with van der Waals surface area (Å²) in [5, 5.41) is 2.87. The highest BCUT2D eigenvalue weighted by Gasteiger charge is 2.19. The maximum Gasteiger partial charge on any atom is 0.509 e. The first-order chi connectivity index (χ1) is 10.3. The zero-order valence-electron chi connectivity index (χ0n) is 13.9. The van der Waals surface area contributed by atoms with Crippen LogP contribution >= 0.6 is 11.6 Å². The zero-order valence-corrected chi connectivity index (χ0v) is 14.7. The van der Waals surface area contributed by atoms with E-state index in [-0.39, 0.29) is 18.7 Å². The van der Waals surface area contributed by atoms with Crippen molar-refractivity contribution in [2.45, 2.75) is 71.4 Å². The lowest BCUT2D eigenvalue weighted by atomic mass is 10.1. The molecular formula is C15H28ClNO5. The van der Waals surface area contributed by atoms with E-state index in [0.29, 0.717) is 12.8 Å². The highest BCUT2D eigenvalue weighted by atomic mass is 35.5. The molecule has 0 saturated heterocycles. The Balaban J connectivity index is 4.12. The Morgan fingerprint density at radius 2 is 1.77 bits per heavy atom. The Morgan fingerprint density at radius 1 is 1.14 bits per heavy atom. The van der Waals surface area contributed by atoms with Crippen LogP contribution in [0.2, 0.25) is 0 Å². The number of hydrogen-bond acceptors (Lipinski definition) is 5. The van der Waals surface area contributed by atoms with Crippen molar-refractivity contribution in [2.75, 3.05) is 12.7 Å². The molecule has 0 aliphatic carbocycles. The number of amides is 1. The molecule has 0 heterocycles. The molecule has 0 aromatic heterocycles. The van der Waals surface area contributed by atoms with Crippen LogP contribution in [0, 0.1) is 0 Å². The maximum atomic E-state index is 11.8. The first-order valence-corrected chi connectivity index (χ1v) is 8.17. The number of alkyl halides is 1. The molecule has 1 N–H and O–H groups in total. The van der Waals surface area contributed by atoms with Crippen LogP contribution in [-0.4, -0.2) is 36.6 Å². The molecule has 0 bridgehead atoms. The summed E-state index contributed by atoms with van der Waals surface area (Å²) in [6, 6.07) is -0.222. The monoisotopic (exact) mass is 337 g/mol. The van der Waals surface area contributed by atoms with Crippen molar-refractivity contribution in [1.82, 2.24) is 5.32 Å². The van der Waals surface area contributed by atoms with Gasteiger partial charge in [0.15, 0.2) is 6.07 Å². The topological polar surface area (TPSA) is 73.9 Å². The number of nitrogens with one attached hydrogen (secondary N) is 1. The quantitative estimate of drug-likeness (QED) is 0.388. The third kappa shape index (κ3) is 12.6. The number of carbonyl (C=O) groups is 2. The summed E-state index contributed by atoms with van der Waals surface area (Å²) in [4.78, 5) is 22.8. The summed E-state index contributed by atoms with van der Waals surface area (Å²) in [7, 11) is 0. The summed E-state index contributed by atoms with van der Waals surface area (Å²) < 4.78 is 14.5. The molecule has 0 rings (SSSR count). The number of rotatable bonds is 9. The second kappa shape index (κ2) is 11.4. The molecule has 130 valence electrons. The average Bonchev–Trinajstić information content (AvgIpc) is 2.38. The Labute approximate surface area is 137 Å². The van der Waals surface area contributed by atoms with Crippen molar-refractivity contribution in [3.63, 3.8) is 0 Å². The number of carbonyl (C=O) groups excluding carboxylic acids is 2. The van der Waals surface area contributed by atoms with Crippen LogP contribution in [-0.2, 0) is 14.2 Å². The van der Waals surface area contributed by atoms with Gasteiger partial charge in [-0.3, -0.25) is 0 Å². The third-order valence-electron chi connectivity index (χ3n) is 2.72. The maximum absolute atomic E-state index is 11.8. The van der Waals surface area contributed by atoms with Crippen LogP contribution in [0.1, 0.15) is 59.8 Å². The van der Waals surface area contributed by atoms with Gasteiger partial charge in [-0.05, 0) is 40.0 Å². The van der Waals surface area contributed by atoms with Gasteiger partial charge in [0.05, 0.1) is 6.61 Å². The van der Waals surface area contributed by atoms with E-state index in [9.17, 15) is 9.59 Å². The minimum absolute atomic E-state index is 0.00227. The van der Waals surface area contributed by atoms with Crippen LogP contribution in [0.4, 0.5) is 9.59 Å². The Morgan fingerprint density at radius 3 is 2.32 bits per heavy atom. The molecule has 0 aliphatic rings. The Hall–Kier alpha value is -1.17. The molecule has 1 unspecified atom stereocenters. The van der Waals surface area contributed by atoms with E-state index in [1.807, 2.05) is 20.8 Å². The largest absolute Gasteiger partial charge is 0.509 e. The summed E-state index contributed by atoms with van der Waals surface area (Å²) >= 11 is 5.24. The molecule has 22 heavy (non-hydrogen) atoms. The number of hydrogen-bond donors (Lipinski definition) is 1. The van der Waals surface area contributed by atoms with Crippen LogP contribution in [0.25, 0.3) is 0 Å². The average molecular weight is 338 g/mol. The molecule has 1 amide bonds. The molecular weight excluding hydrogens is 310 g/mol. The fraction of sp³-hybridized carbons (Fsp3) is 0.867. The number of unbranched alkanes of at least 4 members (excludes halogenated alkanes) is 1. The number of alkyl carbamates (subject to hydrolysis) is 1. The second-order valence-electron chi connectivity index (χ2n) is 5.98. The first kappa shape index (κ1) is 20.8. The Bertz CT molecular complexity index is 330. The van der Waals surface area contributed by atoms with Crippen LogP contribution < -0.4 is 5.32 Å². The van der Waals surface area contributed by atoms with E-state index in [2.05, 4.69) is 17.0 Å². The van der Waals surface area contributed by atoms with Gasteiger partial charge in [-0.2, -0.15) is 0 Å². The molecule has 0 aromatic rings. The predicted octanol–water partition coefficient (Wildman–Crippen LogP) is 4.20. The molecule has 6 nitrogen and oxygen atoms in total. The van der Waals surface area contributed by atoms with Gasteiger partial charge >= 0.3 is 12.2 Å². The van der Waals surface area contributed by atoms with Crippen molar-refractivity contribution >= 4 is 23.8 Å². The van der Waals surface area contributed by atoms with Gasteiger partial charge < -0.3 is 19.5 Å². The van der Waals surface area contributed by atoms with Crippen molar-refractivity contribution in [2.24, 2.45) is 0 Å². The van der Waals surface area contributed by atoms with Crippen molar-refractivity contribution in [1.29, 1.82) is 0 Å². The van der Waals surface area contributed by atoms with E-state index in [1.54, 1.807) is 0 Å². The predicted molar refractivity (Wildman–Crippen MR) is 85.1 cm³/mol. The summed E-state index contributed by atoms with van der Waals surface area (Å²) in [5.74, 6) is 0. The van der Waals surface area contributed by atoms with Gasteiger partial charge in [0.25, 0.3) is 0 Å². The SMILES string of the molecule is CCCCC(CCCOC(=O)OCCl)NC(=O)OC(C)(C)C. The van der Waals surface area contributed by atoms with Gasteiger partial charge in [-0.1, -0.05) is 31.4 Å². The van der Waals surface area contributed by atoms with Crippen LogP contribution in [0.3, 0.4) is 0 Å². The molecule has 0 aromatic carbocycles. The first-order valence-electron chi connectivity index (χ1n) is 7.63. The van der Waals surface area contributed by atoms with Gasteiger partial charge in [0.2, 0.25) is 0 Å². The number of halogens is 1. The zero-order chi connectivity index (χ0) is 17.0. The van der Waals surface area contributed by atoms with Crippen molar-refractivity contribution in [3.8, 4) is 0 Å². The fourth-order valence-electron chi connectivity index (χ4n) is 1.78. The molecule has 0 aliphatic heterocycles. The van der Waals surface area contributed by atoms with Crippen LogP contribution in [0.5, 0.6) is 0 Å². The second-order valence-corrected chi connectivity index (χ2v) is 6.20. The van der Waals surface area contributed by atoms with E-state index in [1.165, 1.54) is 0 Å². The standard InChI is InChI=1S/C15H28ClNO5/c1-5-6-8-12(17-13(18)22-15(2,3)4)9-7-10-20-14(19)21-11-16/h12H,5-11H2,1-4H3,(H,17,18). The lowest BCUT2D eigenvalue weighted by Gasteiger charge is -2.23. The third-order valence-corrected chi connectivity index (χ3v) is 2.83. The van der Waals surface area contributed by atoms with Gasteiger partial charge in [0, 0.05) is 6.04 Å². The minimum Gasteiger partial charge on any atom is -0.444 e. The molecule has 0 saturated carbocycles. The van der Waals surface area contributed by atoms with E-state index < -0.39 is 17.8 Å². The minimum atomic E-state index is -0.778. The number of ether oxygens (including phenoxy) is 3. The highest BCUT2D eigenvalue weighted by Crippen LogP contribution is 2.11. The Kier molecular flexibility index (Phi) is 10.8. The summed E-state index contributed by atoms with van der Waals surface area (Å²) in [6.45, 7) is 7.79. The summed E-state index contributed by atoms with van der Waals surface area (Å²) in [5.41, 5.74) is -0.520. The molecule has 0 fully saturated rings. The van der Waals surface area contributed by atoms with E-state index in [0.717, 1.165) is 19.3 Å². The summed E-state index contributed by atoms with van der Waals surface area (Å²) in [6.07, 6.45) is 3.05.